The minimum Gasteiger partial charge on any atom is -0.496 e. The molecule has 0 radical (unpaired) electrons. The topological polar surface area (TPSA) is 21.3 Å². The summed E-state index contributed by atoms with van der Waals surface area (Å²) in [5, 5.41) is 3.49. The van der Waals surface area contributed by atoms with E-state index in [0.717, 1.165) is 18.1 Å². The molecular formula is C17H27NO. The molecule has 1 fully saturated rings. The maximum Gasteiger partial charge on any atom is 0.122 e. The number of likely N-dealkylation sites (N-methyl/N-ethyl adjacent to an activating group) is 1. The van der Waals surface area contributed by atoms with Gasteiger partial charge in [-0.1, -0.05) is 50.3 Å². The fraction of sp³-hybridized carbons (Fsp3) is 0.647. The summed E-state index contributed by atoms with van der Waals surface area (Å²) < 4.78 is 5.45. The summed E-state index contributed by atoms with van der Waals surface area (Å²) >= 11 is 0. The van der Waals surface area contributed by atoms with Gasteiger partial charge in [-0.05, 0) is 37.4 Å². The van der Waals surface area contributed by atoms with Crippen LogP contribution in [-0.4, -0.2) is 20.2 Å². The third kappa shape index (κ3) is 4.24. The molecule has 1 aliphatic carbocycles. The fourth-order valence-electron chi connectivity index (χ4n) is 3.27. The number of hydrogen-bond acceptors (Lipinski definition) is 2. The van der Waals surface area contributed by atoms with Crippen LogP contribution in [0.3, 0.4) is 0 Å². The van der Waals surface area contributed by atoms with E-state index < -0.39 is 0 Å². The monoisotopic (exact) mass is 261 g/mol. The second-order valence-electron chi connectivity index (χ2n) is 5.74. The van der Waals surface area contributed by atoms with E-state index in [0.29, 0.717) is 6.04 Å². The second-order valence-corrected chi connectivity index (χ2v) is 5.74. The van der Waals surface area contributed by atoms with Crippen LogP contribution in [0.25, 0.3) is 0 Å². The van der Waals surface area contributed by atoms with Crippen molar-refractivity contribution in [2.45, 2.75) is 51.0 Å². The molecule has 0 heterocycles. The van der Waals surface area contributed by atoms with Crippen LogP contribution in [0.1, 0.15) is 44.1 Å². The highest BCUT2D eigenvalue weighted by Crippen LogP contribution is 2.29. The fourth-order valence-corrected chi connectivity index (χ4v) is 3.27. The van der Waals surface area contributed by atoms with E-state index in [1.165, 1.54) is 44.1 Å². The molecule has 2 nitrogen and oxygen atoms in total. The van der Waals surface area contributed by atoms with E-state index >= 15 is 0 Å². The average Bonchev–Trinajstić information content (AvgIpc) is 2.48. The van der Waals surface area contributed by atoms with E-state index in [2.05, 4.69) is 30.6 Å². The van der Waals surface area contributed by atoms with Gasteiger partial charge in [0.25, 0.3) is 0 Å². The quantitative estimate of drug-likeness (QED) is 0.841. The second kappa shape index (κ2) is 7.54. The summed E-state index contributed by atoms with van der Waals surface area (Å²) in [6, 6.07) is 8.95. The van der Waals surface area contributed by atoms with Gasteiger partial charge in [0.2, 0.25) is 0 Å². The zero-order valence-corrected chi connectivity index (χ0v) is 12.3. The van der Waals surface area contributed by atoms with Gasteiger partial charge in [-0.15, -0.1) is 0 Å². The molecule has 1 atom stereocenters. The van der Waals surface area contributed by atoms with Crippen molar-refractivity contribution in [3.63, 3.8) is 0 Å². The molecule has 0 spiro atoms. The predicted octanol–water partition coefficient (Wildman–Crippen LogP) is 3.80. The Morgan fingerprint density at radius 2 is 1.95 bits per heavy atom. The average molecular weight is 261 g/mol. The summed E-state index contributed by atoms with van der Waals surface area (Å²) in [5.74, 6) is 1.94. The highest BCUT2D eigenvalue weighted by atomic mass is 16.5. The van der Waals surface area contributed by atoms with Gasteiger partial charge in [-0.25, -0.2) is 0 Å². The summed E-state index contributed by atoms with van der Waals surface area (Å²) in [6.45, 7) is 0. The van der Waals surface area contributed by atoms with Crippen molar-refractivity contribution in [2.75, 3.05) is 14.2 Å². The molecule has 1 unspecified atom stereocenters. The molecule has 1 aromatic rings. The van der Waals surface area contributed by atoms with E-state index in [1.807, 2.05) is 6.07 Å². The maximum atomic E-state index is 5.45. The molecule has 1 aliphatic rings. The summed E-state index contributed by atoms with van der Waals surface area (Å²) in [7, 11) is 3.84. The summed E-state index contributed by atoms with van der Waals surface area (Å²) in [5.41, 5.74) is 1.32. The Bertz CT molecular complexity index is 371. The van der Waals surface area contributed by atoms with Crippen LogP contribution >= 0.6 is 0 Å². The molecule has 106 valence electrons. The Balaban J connectivity index is 1.94. The lowest BCUT2D eigenvalue weighted by Gasteiger charge is -2.26. The number of benzene rings is 1. The highest BCUT2D eigenvalue weighted by Gasteiger charge is 2.19. The van der Waals surface area contributed by atoms with Crippen molar-refractivity contribution in [3.8, 4) is 5.75 Å². The van der Waals surface area contributed by atoms with E-state index in [-0.39, 0.29) is 0 Å². The first-order chi connectivity index (χ1) is 9.33. The third-order valence-electron chi connectivity index (χ3n) is 4.41. The van der Waals surface area contributed by atoms with Crippen molar-refractivity contribution in [2.24, 2.45) is 5.92 Å². The van der Waals surface area contributed by atoms with E-state index in [4.69, 9.17) is 4.74 Å². The van der Waals surface area contributed by atoms with Gasteiger partial charge < -0.3 is 10.1 Å². The van der Waals surface area contributed by atoms with Gasteiger partial charge in [-0.2, -0.15) is 0 Å². The number of hydrogen-bond donors (Lipinski definition) is 1. The Morgan fingerprint density at radius 3 is 2.63 bits per heavy atom. The predicted molar refractivity (Wildman–Crippen MR) is 80.7 cm³/mol. The molecular weight excluding hydrogens is 234 g/mol. The standard InChI is InChI=1S/C17H27NO/c1-18-16(12-14-8-4-3-5-9-14)13-15-10-6-7-11-17(15)19-2/h6-7,10-11,14,16,18H,3-5,8-9,12-13H2,1-2H3. The molecule has 0 amide bonds. The van der Waals surface area contributed by atoms with Crippen molar-refractivity contribution in [1.29, 1.82) is 0 Å². The maximum absolute atomic E-state index is 5.45. The van der Waals surface area contributed by atoms with Crippen LogP contribution in [0.15, 0.2) is 24.3 Å². The largest absolute Gasteiger partial charge is 0.496 e. The Kier molecular flexibility index (Phi) is 5.71. The van der Waals surface area contributed by atoms with E-state index in [9.17, 15) is 0 Å². The van der Waals surface area contributed by atoms with Crippen LogP contribution in [-0.2, 0) is 6.42 Å². The minimum atomic E-state index is 0.569. The van der Waals surface area contributed by atoms with Crippen molar-refractivity contribution >= 4 is 0 Å². The first kappa shape index (κ1) is 14.4. The SMILES string of the molecule is CNC(Cc1ccccc1OC)CC1CCCCC1. The Labute approximate surface area is 117 Å². The molecule has 0 saturated heterocycles. The summed E-state index contributed by atoms with van der Waals surface area (Å²) in [6.07, 6.45) is 9.50. The van der Waals surface area contributed by atoms with E-state index in [1.54, 1.807) is 7.11 Å². The number of nitrogens with one attached hydrogen (secondary N) is 1. The van der Waals surface area contributed by atoms with Crippen molar-refractivity contribution < 1.29 is 4.74 Å². The number of para-hydroxylation sites is 1. The molecule has 1 N–H and O–H groups in total. The highest BCUT2D eigenvalue weighted by molar-refractivity contribution is 5.33. The van der Waals surface area contributed by atoms with Gasteiger partial charge in [0.1, 0.15) is 5.75 Å². The molecule has 0 aliphatic heterocycles. The van der Waals surface area contributed by atoms with Gasteiger partial charge in [0.05, 0.1) is 7.11 Å². The zero-order chi connectivity index (χ0) is 13.5. The lowest BCUT2D eigenvalue weighted by atomic mass is 9.83. The van der Waals surface area contributed by atoms with Crippen LogP contribution in [0.2, 0.25) is 0 Å². The summed E-state index contributed by atoms with van der Waals surface area (Å²) in [4.78, 5) is 0. The number of rotatable bonds is 6. The van der Waals surface area contributed by atoms with Crippen molar-refractivity contribution in [3.05, 3.63) is 29.8 Å². The molecule has 0 bridgehead atoms. The van der Waals surface area contributed by atoms with Crippen molar-refractivity contribution in [1.82, 2.24) is 5.32 Å². The molecule has 19 heavy (non-hydrogen) atoms. The first-order valence-corrected chi connectivity index (χ1v) is 7.62. The number of methoxy groups -OCH3 is 1. The van der Waals surface area contributed by atoms with Gasteiger partial charge in [0.15, 0.2) is 0 Å². The molecule has 1 aromatic carbocycles. The Morgan fingerprint density at radius 1 is 1.21 bits per heavy atom. The van der Waals surface area contributed by atoms with Crippen LogP contribution in [0.5, 0.6) is 5.75 Å². The minimum absolute atomic E-state index is 0.569. The zero-order valence-electron chi connectivity index (χ0n) is 12.3. The molecule has 2 heteroatoms. The molecule has 1 saturated carbocycles. The van der Waals surface area contributed by atoms with Gasteiger partial charge in [0, 0.05) is 6.04 Å². The first-order valence-electron chi connectivity index (χ1n) is 7.62. The normalized spacial score (nSPS) is 18.2. The molecule has 0 aromatic heterocycles. The van der Waals surface area contributed by atoms with Crippen LogP contribution < -0.4 is 10.1 Å². The lowest BCUT2D eigenvalue weighted by molar-refractivity contribution is 0.301. The smallest absolute Gasteiger partial charge is 0.122 e. The Hall–Kier alpha value is -1.02. The van der Waals surface area contributed by atoms with Crippen LogP contribution in [0, 0.1) is 5.92 Å². The van der Waals surface area contributed by atoms with Crippen LogP contribution in [0.4, 0.5) is 0 Å². The number of ether oxygens (including phenoxy) is 1. The lowest BCUT2D eigenvalue weighted by Crippen LogP contribution is -2.30. The van der Waals surface area contributed by atoms with Gasteiger partial charge in [-0.3, -0.25) is 0 Å². The third-order valence-corrected chi connectivity index (χ3v) is 4.41. The molecule has 2 rings (SSSR count). The van der Waals surface area contributed by atoms with Gasteiger partial charge >= 0.3 is 0 Å².